The van der Waals surface area contributed by atoms with Gasteiger partial charge in [0.2, 0.25) is 0 Å². The summed E-state index contributed by atoms with van der Waals surface area (Å²) < 4.78 is 5.19. The molecule has 0 unspecified atom stereocenters. The fraction of sp³-hybridized carbons (Fsp3) is 0.385. The second-order valence-corrected chi connectivity index (χ2v) is 5.28. The molecule has 1 aromatic heterocycles. The van der Waals surface area contributed by atoms with Crippen molar-refractivity contribution in [2.24, 2.45) is 11.7 Å². The zero-order valence-electron chi connectivity index (χ0n) is 12.0. The Kier molecular flexibility index (Phi) is 6.16. The number of imide groups is 1. The lowest BCUT2D eigenvalue weighted by Gasteiger charge is -2.20. The van der Waals surface area contributed by atoms with E-state index in [1.165, 1.54) is 11.8 Å². The molecule has 1 heterocycles. The van der Waals surface area contributed by atoms with Crippen LogP contribution in [0.4, 0.5) is 4.79 Å². The summed E-state index contributed by atoms with van der Waals surface area (Å²) in [5.74, 6) is -1.74. The van der Waals surface area contributed by atoms with Crippen molar-refractivity contribution < 1.29 is 19.1 Å². The van der Waals surface area contributed by atoms with Gasteiger partial charge in [-0.25, -0.2) is 14.6 Å². The lowest BCUT2D eigenvalue weighted by atomic mass is 10.1. The highest BCUT2D eigenvalue weighted by Gasteiger charge is 2.28. The molecule has 0 saturated carbocycles. The Hall–Kier alpha value is -2.09. The molecular formula is C13H17N3O4S. The Morgan fingerprint density at radius 3 is 2.57 bits per heavy atom. The van der Waals surface area contributed by atoms with Crippen LogP contribution in [0.2, 0.25) is 0 Å². The van der Waals surface area contributed by atoms with Crippen LogP contribution in [0.3, 0.4) is 0 Å². The third-order valence-electron chi connectivity index (χ3n) is 2.53. The number of hydrogen-bond donors (Lipinski definition) is 2. The zero-order valence-corrected chi connectivity index (χ0v) is 12.8. The molecule has 0 aliphatic rings. The quantitative estimate of drug-likeness (QED) is 0.624. The molecule has 0 bridgehead atoms. The molecule has 0 aliphatic carbocycles. The van der Waals surface area contributed by atoms with E-state index in [4.69, 9.17) is 10.5 Å². The van der Waals surface area contributed by atoms with E-state index in [9.17, 15) is 14.4 Å². The number of ether oxygens (including phenoxy) is 1. The minimum Gasteiger partial charge on any atom is -0.448 e. The third-order valence-corrected chi connectivity index (χ3v) is 3.24. The van der Waals surface area contributed by atoms with Crippen LogP contribution in [0.5, 0.6) is 0 Å². The van der Waals surface area contributed by atoms with Crippen LogP contribution in [0, 0.1) is 5.92 Å². The van der Waals surface area contributed by atoms with Crippen molar-refractivity contribution in [1.29, 1.82) is 0 Å². The summed E-state index contributed by atoms with van der Waals surface area (Å²) in [6.45, 7) is 3.38. The number of carbonyl (C=O) groups excluding carboxylic acids is 3. The van der Waals surface area contributed by atoms with E-state index in [0.29, 0.717) is 5.03 Å². The normalized spacial score (nSPS) is 11.8. The largest absolute Gasteiger partial charge is 0.448 e. The number of aromatic nitrogens is 1. The minimum absolute atomic E-state index is 0.266. The molecule has 1 atom stereocenters. The topological polar surface area (TPSA) is 111 Å². The van der Waals surface area contributed by atoms with Gasteiger partial charge in [-0.15, -0.1) is 11.8 Å². The SMILES string of the molecule is CSc1ncccc1C(=O)O[C@H](C(=O)NC(N)=O)C(C)C. The van der Waals surface area contributed by atoms with Gasteiger partial charge in [-0.05, 0) is 24.3 Å². The van der Waals surface area contributed by atoms with Crippen molar-refractivity contribution in [3.05, 3.63) is 23.9 Å². The average Bonchev–Trinajstić information content (AvgIpc) is 2.43. The molecule has 1 rings (SSSR count). The second-order valence-electron chi connectivity index (χ2n) is 4.48. The Balaban J connectivity index is 2.91. The number of nitrogens with one attached hydrogen (secondary N) is 1. The van der Waals surface area contributed by atoms with Crippen LogP contribution >= 0.6 is 11.8 Å². The van der Waals surface area contributed by atoms with Gasteiger partial charge in [0.05, 0.1) is 5.56 Å². The molecule has 114 valence electrons. The van der Waals surface area contributed by atoms with Crippen molar-refractivity contribution in [3.63, 3.8) is 0 Å². The number of nitrogens with two attached hydrogens (primary N) is 1. The van der Waals surface area contributed by atoms with Gasteiger partial charge in [-0.3, -0.25) is 10.1 Å². The predicted octanol–water partition coefficient (Wildman–Crippen LogP) is 1.18. The van der Waals surface area contributed by atoms with E-state index in [2.05, 4.69) is 4.98 Å². The number of esters is 1. The van der Waals surface area contributed by atoms with Gasteiger partial charge in [0.25, 0.3) is 5.91 Å². The highest BCUT2D eigenvalue weighted by Crippen LogP contribution is 2.19. The van der Waals surface area contributed by atoms with Crippen LogP contribution in [0.25, 0.3) is 0 Å². The molecule has 0 saturated heterocycles. The zero-order chi connectivity index (χ0) is 16.0. The van der Waals surface area contributed by atoms with E-state index in [-0.39, 0.29) is 11.5 Å². The smallest absolute Gasteiger partial charge is 0.341 e. The Morgan fingerprint density at radius 1 is 1.38 bits per heavy atom. The lowest BCUT2D eigenvalue weighted by Crippen LogP contribution is -2.45. The van der Waals surface area contributed by atoms with E-state index in [1.807, 2.05) is 5.32 Å². The maximum atomic E-state index is 12.2. The Labute approximate surface area is 126 Å². The summed E-state index contributed by atoms with van der Waals surface area (Å²) in [4.78, 5) is 38.7. The summed E-state index contributed by atoms with van der Waals surface area (Å²) in [6, 6.07) is 2.17. The summed E-state index contributed by atoms with van der Waals surface area (Å²) in [6.07, 6.45) is 2.22. The van der Waals surface area contributed by atoms with E-state index < -0.39 is 24.0 Å². The lowest BCUT2D eigenvalue weighted by molar-refractivity contribution is -0.130. The van der Waals surface area contributed by atoms with Crippen LogP contribution in [0.15, 0.2) is 23.4 Å². The first kappa shape index (κ1) is 17.0. The average molecular weight is 311 g/mol. The van der Waals surface area contributed by atoms with Crippen molar-refractivity contribution >= 4 is 29.7 Å². The minimum atomic E-state index is -1.11. The fourth-order valence-corrected chi connectivity index (χ4v) is 2.11. The van der Waals surface area contributed by atoms with Crippen LogP contribution < -0.4 is 11.1 Å². The molecule has 3 N–H and O–H groups in total. The number of carbonyl (C=O) groups is 3. The van der Waals surface area contributed by atoms with Crippen LogP contribution in [-0.4, -0.2) is 35.3 Å². The van der Waals surface area contributed by atoms with Gasteiger partial charge < -0.3 is 10.5 Å². The number of primary amides is 1. The van der Waals surface area contributed by atoms with Gasteiger partial charge >= 0.3 is 12.0 Å². The summed E-state index contributed by atoms with van der Waals surface area (Å²) >= 11 is 1.29. The summed E-state index contributed by atoms with van der Waals surface area (Å²) in [5, 5.41) is 2.41. The molecule has 0 fully saturated rings. The molecule has 8 heteroatoms. The first-order valence-electron chi connectivity index (χ1n) is 6.17. The number of urea groups is 1. The van der Waals surface area contributed by atoms with Gasteiger partial charge in [-0.2, -0.15) is 0 Å². The maximum Gasteiger partial charge on any atom is 0.341 e. The molecule has 7 nitrogen and oxygen atoms in total. The summed E-state index contributed by atoms with van der Waals surface area (Å²) in [7, 11) is 0. The van der Waals surface area contributed by atoms with Gasteiger partial charge in [0.1, 0.15) is 5.03 Å². The van der Waals surface area contributed by atoms with Crippen molar-refractivity contribution in [2.45, 2.75) is 25.0 Å². The molecule has 0 aromatic carbocycles. The second kappa shape index (κ2) is 7.63. The first-order chi connectivity index (χ1) is 9.86. The van der Waals surface area contributed by atoms with E-state index >= 15 is 0 Å². The Morgan fingerprint density at radius 2 is 2.05 bits per heavy atom. The van der Waals surface area contributed by atoms with Crippen molar-refractivity contribution in [1.82, 2.24) is 10.3 Å². The first-order valence-corrected chi connectivity index (χ1v) is 7.39. The highest BCUT2D eigenvalue weighted by atomic mass is 32.2. The number of hydrogen-bond acceptors (Lipinski definition) is 6. The fourth-order valence-electron chi connectivity index (χ4n) is 1.57. The number of amides is 3. The molecule has 0 radical (unpaired) electrons. The van der Waals surface area contributed by atoms with Crippen molar-refractivity contribution in [2.75, 3.05) is 6.26 Å². The third kappa shape index (κ3) is 4.75. The number of rotatable bonds is 5. The number of pyridine rings is 1. The van der Waals surface area contributed by atoms with Crippen LogP contribution in [0.1, 0.15) is 24.2 Å². The molecule has 21 heavy (non-hydrogen) atoms. The molecule has 0 spiro atoms. The standard InChI is InChI=1S/C13H17N3O4S/c1-7(2)9(10(17)16-13(14)19)20-12(18)8-5-4-6-15-11(8)21-3/h4-7,9H,1-3H3,(H3,14,16,17,19)/t9-/m0/s1. The van der Waals surface area contributed by atoms with Crippen molar-refractivity contribution in [3.8, 4) is 0 Å². The van der Waals surface area contributed by atoms with Gasteiger partial charge in [-0.1, -0.05) is 13.8 Å². The van der Waals surface area contributed by atoms with E-state index in [1.54, 1.807) is 38.4 Å². The Bertz CT molecular complexity index is 548. The predicted molar refractivity (Wildman–Crippen MR) is 77.8 cm³/mol. The number of nitrogens with zero attached hydrogens (tertiary/aromatic N) is 1. The van der Waals surface area contributed by atoms with Gasteiger partial charge in [0, 0.05) is 6.20 Å². The molecule has 3 amide bonds. The summed E-state index contributed by atoms with van der Waals surface area (Å²) in [5.41, 5.74) is 5.16. The highest BCUT2D eigenvalue weighted by molar-refractivity contribution is 7.98. The molecular weight excluding hydrogens is 294 g/mol. The van der Waals surface area contributed by atoms with E-state index in [0.717, 1.165) is 0 Å². The van der Waals surface area contributed by atoms with Gasteiger partial charge in [0.15, 0.2) is 6.10 Å². The van der Waals surface area contributed by atoms with Crippen LogP contribution in [-0.2, 0) is 9.53 Å². The number of thioether (sulfide) groups is 1. The molecule has 1 aromatic rings. The maximum absolute atomic E-state index is 12.2. The monoisotopic (exact) mass is 311 g/mol. The molecule has 0 aliphatic heterocycles.